The molecule has 1 aromatic carbocycles. The highest BCUT2D eigenvalue weighted by atomic mass is 16.6. The van der Waals surface area contributed by atoms with Gasteiger partial charge in [0.2, 0.25) is 0 Å². The van der Waals surface area contributed by atoms with Gasteiger partial charge in [0.1, 0.15) is 0 Å². The van der Waals surface area contributed by atoms with E-state index in [0.717, 1.165) is 25.1 Å². The molecule has 1 aromatic rings. The maximum atomic E-state index is 10.5. The molecule has 4 nitrogen and oxygen atoms in total. The number of hydrogen-bond acceptors (Lipinski definition) is 2. The van der Waals surface area contributed by atoms with Gasteiger partial charge in [0, 0.05) is 18.7 Å². The average Bonchev–Trinajstić information content (AvgIpc) is 2.25. The summed E-state index contributed by atoms with van der Waals surface area (Å²) in [7, 11) is 0. The van der Waals surface area contributed by atoms with E-state index in [0.29, 0.717) is 5.92 Å². The predicted octanol–water partition coefficient (Wildman–Crippen LogP) is 2.62. The molecule has 0 saturated heterocycles. The van der Waals surface area contributed by atoms with Crippen molar-refractivity contribution in [2.24, 2.45) is 5.92 Å². The summed E-state index contributed by atoms with van der Waals surface area (Å²) in [6, 6.07) is 6.87. The van der Waals surface area contributed by atoms with Crippen molar-refractivity contribution in [1.82, 2.24) is 5.32 Å². The molecular formula is C12H19N2O2+. The van der Waals surface area contributed by atoms with Crippen molar-refractivity contribution >= 4 is 5.69 Å². The minimum atomic E-state index is -0.129. The Bertz CT molecular complexity index is 333. The molecule has 4 heteroatoms. The molecule has 0 fully saturated rings. The molecule has 0 saturated carbocycles. The summed E-state index contributed by atoms with van der Waals surface area (Å²) >= 11 is 0. The SMILES string of the molecule is CC(C)CCNCc1ccc([N+](=O)O)cc1. The summed E-state index contributed by atoms with van der Waals surface area (Å²) in [5.74, 6) is 0.707. The zero-order valence-corrected chi connectivity index (χ0v) is 9.81. The van der Waals surface area contributed by atoms with Gasteiger partial charge in [-0.05, 0) is 24.4 Å². The van der Waals surface area contributed by atoms with Crippen LogP contribution in [0.4, 0.5) is 5.69 Å². The van der Waals surface area contributed by atoms with Crippen molar-refractivity contribution < 1.29 is 10.1 Å². The molecular weight excluding hydrogens is 204 g/mol. The fourth-order valence-electron chi connectivity index (χ4n) is 1.36. The molecule has 16 heavy (non-hydrogen) atoms. The zero-order chi connectivity index (χ0) is 12.0. The largest absolute Gasteiger partial charge is 0.316 e. The lowest BCUT2D eigenvalue weighted by molar-refractivity contribution is -0.729. The molecule has 0 aliphatic heterocycles. The molecule has 0 spiro atoms. The molecule has 0 heterocycles. The van der Waals surface area contributed by atoms with Gasteiger partial charge in [-0.3, -0.25) is 0 Å². The molecule has 0 bridgehead atoms. The molecule has 1 rings (SSSR count). The fraction of sp³-hybridized carbons (Fsp3) is 0.500. The summed E-state index contributed by atoms with van der Waals surface area (Å²) in [5, 5.41) is 12.0. The minimum Gasteiger partial charge on any atom is -0.313 e. The van der Waals surface area contributed by atoms with E-state index in [2.05, 4.69) is 19.2 Å². The normalized spacial score (nSPS) is 10.7. The van der Waals surface area contributed by atoms with Crippen LogP contribution in [0.15, 0.2) is 24.3 Å². The smallest absolute Gasteiger partial charge is 0.313 e. The van der Waals surface area contributed by atoms with Gasteiger partial charge >= 0.3 is 5.69 Å². The van der Waals surface area contributed by atoms with Crippen LogP contribution in [0.3, 0.4) is 0 Å². The average molecular weight is 223 g/mol. The minimum absolute atomic E-state index is 0.129. The molecule has 0 aliphatic carbocycles. The molecule has 0 unspecified atom stereocenters. The van der Waals surface area contributed by atoms with E-state index in [-0.39, 0.29) is 10.6 Å². The first-order valence-corrected chi connectivity index (χ1v) is 5.55. The van der Waals surface area contributed by atoms with Gasteiger partial charge < -0.3 is 5.32 Å². The molecule has 0 atom stereocenters. The Kier molecular flexibility index (Phi) is 4.92. The Morgan fingerprint density at radius 3 is 2.44 bits per heavy atom. The van der Waals surface area contributed by atoms with Crippen molar-refractivity contribution in [2.45, 2.75) is 26.8 Å². The van der Waals surface area contributed by atoms with Crippen molar-refractivity contribution in [3.05, 3.63) is 34.7 Å². The lowest BCUT2D eigenvalue weighted by Crippen LogP contribution is -2.16. The van der Waals surface area contributed by atoms with Crippen LogP contribution >= 0.6 is 0 Å². The van der Waals surface area contributed by atoms with E-state index in [9.17, 15) is 4.91 Å². The first-order valence-electron chi connectivity index (χ1n) is 5.55. The lowest BCUT2D eigenvalue weighted by Gasteiger charge is -2.06. The summed E-state index contributed by atoms with van der Waals surface area (Å²) in [6.45, 7) is 6.17. The molecule has 0 aliphatic rings. The Morgan fingerprint density at radius 1 is 1.31 bits per heavy atom. The maximum Gasteiger partial charge on any atom is 0.316 e. The highest BCUT2D eigenvalue weighted by Crippen LogP contribution is 2.11. The maximum absolute atomic E-state index is 10.5. The topological polar surface area (TPSA) is 52.3 Å². The van der Waals surface area contributed by atoms with Crippen molar-refractivity contribution in [3.63, 3.8) is 0 Å². The van der Waals surface area contributed by atoms with Crippen LogP contribution in [-0.4, -0.2) is 16.7 Å². The van der Waals surface area contributed by atoms with Crippen LogP contribution in [0.1, 0.15) is 25.8 Å². The van der Waals surface area contributed by atoms with Crippen molar-refractivity contribution in [1.29, 1.82) is 0 Å². The first kappa shape index (κ1) is 12.6. The molecule has 0 amide bonds. The van der Waals surface area contributed by atoms with Crippen molar-refractivity contribution in [3.8, 4) is 0 Å². The highest BCUT2D eigenvalue weighted by molar-refractivity contribution is 5.32. The van der Waals surface area contributed by atoms with Gasteiger partial charge in [-0.1, -0.05) is 26.0 Å². The van der Waals surface area contributed by atoms with Gasteiger partial charge in [-0.2, -0.15) is 0 Å². The summed E-state index contributed by atoms with van der Waals surface area (Å²) < 4.78 is 0. The van der Waals surface area contributed by atoms with E-state index >= 15 is 0 Å². The number of nitrogens with one attached hydrogen (secondary N) is 1. The molecule has 0 aromatic heterocycles. The van der Waals surface area contributed by atoms with Gasteiger partial charge in [0.25, 0.3) is 4.92 Å². The van der Waals surface area contributed by atoms with Crippen LogP contribution in [-0.2, 0) is 6.54 Å². The highest BCUT2D eigenvalue weighted by Gasteiger charge is 2.09. The van der Waals surface area contributed by atoms with Gasteiger partial charge in [0.15, 0.2) is 0 Å². The second-order valence-corrected chi connectivity index (χ2v) is 4.30. The first-order chi connectivity index (χ1) is 7.59. The number of benzene rings is 1. The van der Waals surface area contributed by atoms with Gasteiger partial charge in [-0.25, -0.2) is 5.21 Å². The van der Waals surface area contributed by atoms with Crippen LogP contribution in [0.25, 0.3) is 0 Å². The van der Waals surface area contributed by atoms with Crippen LogP contribution in [0.5, 0.6) is 0 Å². The van der Waals surface area contributed by atoms with Crippen LogP contribution in [0, 0.1) is 10.8 Å². The third-order valence-electron chi connectivity index (χ3n) is 2.38. The van der Waals surface area contributed by atoms with E-state index < -0.39 is 0 Å². The van der Waals surface area contributed by atoms with Crippen LogP contribution in [0.2, 0.25) is 0 Å². The Hall–Kier alpha value is -1.42. The Balaban J connectivity index is 2.35. The molecule has 88 valence electrons. The summed E-state index contributed by atoms with van der Waals surface area (Å²) in [5.41, 5.74) is 1.36. The summed E-state index contributed by atoms with van der Waals surface area (Å²) in [6.07, 6.45) is 1.16. The number of hydrogen-bond donors (Lipinski definition) is 2. The van der Waals surface area contributed by atoms with Crippen molar-refractivity contribution in [2.75, 3.05) is 6.54 Å². The van der Waals surface area contributed by atoms with E-state index in [1.807, 2.05) is 12.1 Å². The second kappa shape index (κ2) is 6.23. The van der Waals surface area contributed by atoms with Crippen LogP contribution < -0.4 is 5.32 Å². The molecule has 0 radical (unpaired) electrons. The Labute approximate surface area is 95.8 Å². The quantitative estimate of drug-likeness (QED) is 0.575. The van der Waals surface area contributed by atoms with Gasteiger partial charge in [-0.15, -0.1) is 0 Å². The van der Waals surface area contributed by atoms with E-state index in [1.165, 1.54) is 0 Å². The molecule has 2 N–H and O–H groups in total. The number of nitrogens with zero attached hydrogens (tertiary/aromatic N) is 1. The summed E-state index contributed by atoms with van der Waals surface area (Å²) in [4.78, 5) is 10.4. The Morgan fingerprint density at radius 2 is 1.94 bits per heavy atom. The van der Waals surface area contributed by atoms with Gasteiger partial charge in [0.05, 0.1) is 4.91 Å². The fourth-order valence-corrected chi connectivity index (χ4v) is 1.36. The predicted molar refractivity (Wildman–Crippen MR) is 62.7 cm³/mol. The monoisotopic (exact) mass is 223 g/mol. The van der Waals surface area contributed by atoms with E-state index in [1.54, 1.807) is 12.1 Å². The number of rotatable bonds is 6. The van der Waals surface area contributed by atoms with E-state index in [4.69, 9.17) is 5.21 Å². The zero-order valence-electron chi connectivity index (χ0n) is 9.81. The lowest BCUT2D eigenvalue weighted by atomic mass is 10.1. The third-order valence-corrected chi connectivity index (χ3v) is 2.38. The standard InChI is InChI=1S/C12H19N2O2/c1-10(2)7-8-13-9-11-3-5-12(6-4-11)14(15)16/h3-6,10,13H,7-9H2,1-2H3,(H,15,16)/q+1. The third kappa shape index (κ3) is 4.40. The second-order valence-electron chi connectivity index (χ2n) is 4.30.